The molecule has 0 aliphatic heterocycles. The molecule has 8 heteroatoms. The van der Waals surface area contributed by atoms with Gasteiger partial charge in [-0.15, -0.1) is 0 Å². The number of halogens is 3. The maximum absolute atomic E-state index is 12.5. The van der Waals surface area contributed by atoms with Crippen LogP contribution in [0, 0.1) is 5.92 Å². The summed E-state index contributed by atoms with van der Waals surface area (Å²) in [6, 6.07) is 1.85. The monoisotopic (exact) mass is 313 g/mol. The minimum atomic E-state index is -4.59. The van der Waals surface area contributed by atoms with E-state index in [4.69, 9.17) is 4.52 Å². The Morgan fingerprint density at radius 3 is 2.73 bits per heavy atom. The van der Waals surface area contributed by atoms with E-state index in [9.17, 15) is 18.0 Å². The number of aromatic nitrogens is 3. The van der Waals surface area contributed by atoms with E-state index in [1.807, 2.05) is 0 Å². The van der Waals surface area contributed by atoms with Crippen molar-refractivity contribution in [1.82, 2.24) is 15.1 Å². The third-order valence-electron chi connectivity index (χ3n) is 3.62. The van der Waals surface area contributed by atoms with Gasteiger partial charge in [0.25, 0.3) is 5.56 Å². The fraction of sp³-hybridized carbons (Fsp3) is 0.500. The van der Waals surface area contributed by atoms with Crippen molar-refractivity contribution in [3.63, 3.8) is 0 Å². The smallest absolute Gasteiger partial charge is 0.339 e. The first-order chi connectivity index (χ1) is 10.4. The van der Waals surface area contributed by atoms with Gasteiger partial charge in [0, 0.05) is 6.42 Å². The largest absolute Gasteiger partial charge is 0.431 e. The molecule has 1 saturated carbocycles. The van der Waals surface area contributed by atoms with E-state index >= 15 is 0 Å². The van der Waals surface area contributed by atoms with Crippen LogP contribution in [0.25, 0.3) is 11.4 Å². The summed E-state index contributed by atoms with van der Waals surface area (Å²) in [4.78, 5) is 17.6. The molecule has 0 bridgehead atoms. The second-order valence-corrected chi connectivity index (χ2v) is 5.46. The zero-order chi connectivity index (χ0) is 15.7. The molecule has 0 saturated heterocycles. The molecule has 0 aromatic carbocycles. The van der Waals surface area contributed by atoms with Gasteiger partial charge in [-0.3, -0.25) is 4.79 Å². The van der Waals surface area contributed by atoms with Gasteiger partial charge < -0.3 is 9.51 Å². The molecule has 2 aromatic rings. The van der Waals surface area contributed by atoms with Gasteiger partial charge in [-0.2, -0.15) is 18.2 Å². The fourth-order valence-electron chi connectivity index (χ4n) is 2.23. The van der Waals surface area contributed by atoms with Gasteiger partial charge in [-0.1, -0.05) is 18.0 Å². The second kappa shape index (κ2) is 5.58. The van der Waals surface area contributed by atoms with Crippen molar-refractivity contribution in [2.75, 3.05) is 0 Å². The van der Waals surface area contributed by atoms with Crippen LogP contribution in [0.4, 0.5) is 13.2 Å². The fourth-order valence-corrected chi connectivity index (χ4v) is 2.23. The van der Waals surface area contributed by atoms with Crippen molar-refractivity contribution >= 4 is 0 Å². The topological polar surface area (TPSA) is 71.8 Å². The van der Waals surface area contributed by atoms with Gasteiger partial charge >= 0.3 is 6.18 Å². The predicted octanol–water partition coefficient (Wildman–Crippen LogP) is 3.18. The molecule has 118 valence electrons. The van der Waals surface area contributed by atoms with Gasteiger partial charge in [0.05, 0.1) is 5.56 Å². The molecular weight excluding hydrogens is 299 g/mol. The molecule has 3 rings (SSSR count). The van der Waals surface area contributed by atoms with Crippen LogP contribution < -0.4 is 5.56 Å². The lowest BCUT2D eigenvalue weighted by Gasteiger charge is -2.05. The van der Waals surface area contributed by atoms with Crippen LogP contribution in [0.1, 0.15) is 37.3 Å². The number of nitrogens with one attached hydrogen (secondary N) is 1. The number of hydrogen-bond donors (Lipinski definition) is 1. The Kier molecular flexibility index (Phi) is 3.76. The number of pyridine rings is 1. The van der Waals surface area contributed by atoms with Crippen LogP contribution >= 0.6 is 0 Å². The summed E-state index contributed by atoms with van der Waals surface area (Å²) in [6.07, 6.45) is 0.602. The van der Waals surface area contributed by atoms with Crippen LogP contribution in [0.15, 0.2) is 21.5 Å². The van der Waals surface area contributed by atoms with Crippen molar-refractivity contribution in [2.24, 2.45) is 5.92 Å². The van der Waals surface area contributed by atoms with E-state index in [0.717, 1.165) is 30.9 Å². The Hall–Kier alpha value is -2.12. The van der Waals surface area contributed by atoms with Crippen LogP contribution in [0.5, 0.6) is 0 Å². The highest BCUT2D eigenvalue weighted by molar-refractivity contribution is 5.52. The minimum absolute atomic E-state index is 0.0106. The maximum atomic E-state index is 12.5. The van der Waals surface area contributed by atoms with Gasteiger partial charge in [-0.25, -0.2) is 0 Å². The third kappa shape index (κ3) is 3.37. The highest BCUT2D eigenvalue weighted by Crippen LogP contribution is 2.33. The van der Waals surface area contributed by atoms with Crippen molar-refractivity contribution in [3.8, 4) is 11.4 Å². The molecule has 1 fully saturated rings. The SMILES string of the molecule is O=c1[nH]c(C(F)(F)F)ccc1-c1noc(CCCC2CC2)n1. The van der Waals surface area contributed by atoms with E-state index in [2.05, 4.69) is 10.1 Å². The quantitative estimate of drug-likeness (QED) is 0.920. The number of H-pyrrole nitrogens is 1. The van der Waals surface area contributed by atoms with E-state index in [1.165, 1.54) is 12.8 Å². The molecule has 2 heterocycles. The normalized spacial score (nSPS) is 15.2. The highest BCUT2D eigenvalue weighted by Gasteiger charge is 2.32. The van der Waals surface area contributed by atoms with Crippen molar-refractivity contribution in [2.45, 2.75) is 38.3 Å². The molecule has 22 heavy (non-hydrogen) atoms. The number of aromatic amines is 1. The second-order valence-electron chi connectivity index (χ2n) is 5.46. The standard InChI is InChI=1S/C14H14F3N3O2/c15-14(16,17)10-7-6-9(13(21)18-10)12-19-11(22-20-12)3-1-2-8-4-5-8/h6-8H,1-5H2,(H,18,21). The lowest BCUT2D eigenvalue weighted by molar-refractivity contribution is -0.141. The number of rotatable bonds is 5. The molecule has 2 aromatic heterocycles. The van der Waals surface area contributed by atoms with E-state index in [1.54, 1.807) is 4.98 Å². The number of aryl methyl sites for hydroxylation is 1. The highest BCUT2D eigenvalue weighted by atomic mass is 19.4. The van der Waals surface area contributed by atoms with E-state index < -0.39 is 17.4 Å². The molecule has 1 aliphatic carbocycles. The van der Waals surface area contributed by atoms with Crippen LogP contribution in [0.2, 0.25) is 0 Å². The maximum Gasteiger partial charge on any atom is 0.431 e. The lowest BCUT2D eigenvalue weighted by Crippen LogP contribution is -2.17. The average molecular weight is 313 g/mol. The van der Waals surface area contributed by atoms with E-state index in [-0.39, 0.29) is 11.4 Å². The molecule has 0 atom stereocenters. The molecule has 1 N–H and O–H groups in total. The molecule has 0 spiro atoms. The molecule has 5 nitrogen and oxygen atoms in total. The third-order valence-corrected chi connectivity index (χ3v) is 3.62. The Balaban J connectivity index is 1.73. The Morgan fingerprint density at radius 2 is 2.09 bits per heavy atom. The first-order valence-corrected chi connectivity index (χ1v) is 7.07. The first kappa shape index (κ1) is 14.8. The van der Waals surface area contributed by atoms with E-state index in [0.29, 0.717) is 12.3 Å². The zero-order valence-corrected chi connectivity index (χ0v) is 11.6. The summed E-state index contributed by atoms with van der Waals surface area (Å²) in [7, 11) is 0. The van der Waals surface area contributed by atoms with Crippen LogP contribution in [-0.4, -0.2) is 15.1 Å². The predicted molar refractivity (Wildman–Crippen MR) is 71.0 cm³/mol. The van der Waals surface area contributed by atoms with Gasteiger partial charge in [0.1, 0.15) is 5.69 Å². The number of alkyl halides is 3. The summed E-state index contributed by atoms with van der Waals surface area (Å²) >= 11 is 0. The molecular formula is C14H14F3N3O2. The van der Waals surface area contributed by atoms with Gasteiger partial charge in [0.2, 0.25) is 11.7 Å². The Morgan fingerprint density at radius 1 is 1.32 bits per heavy atom. The Bertz CT molecular complexity index is 717. The number of hydrogen-bond acceptors (Lipinski definition) is 4. The summed E-state index contributed by atoms with van der Waals surface area (Å²) in [5, 5.41) is 3.67. The average Bonchev–Trinajstić information content (AvgIpc) is 3.15. The molecule has 0 radical (unpaired) electrons. The Labute approximate surface area is 123 Å². The van der Waals surface area contributed by atoms with Crippen molar-refractivity contribution in [1.29, 1.82) is 0 Å². The number of nitrogens with zero attached hydrogens (tertiary/aromatic N) is 2. The zero-order valence-electron chi connectivity index (χ0n) is 11.6. The van der Waals surface area contributed by atoms with Crippen molar-refractivity contribution < 1.29 is 17.7 Å². The minimum Gasteiger partial charge on any atom is -0.339 e. The van der Waals surface area contributed by atoms with Crippen LogP contribution in [-0.2, 0) is 12.6 Å². The van der Waals surface area contributed by atoms with Gasteiger partial charge in [-0.05, 0) is 30.9 Å². The summed E-state index contributed by atoms with van der Waals surface area (Å²) < 4.78 is 42.5. The molecule has 1 aliphatic rings. The summed E-state index contributed by atoms with van der Waals surface area (Å²) in [6.45, 7) is 0. The summed E-state index contributed by atoms with van der Waals surface area (Å²) in [5.41, 5.74) is -2.03. The summed E-state index contributed by atoms with van der Waals surface area (Å²) in [5.74, 6) is 1.21. The van der Waals surface area contributed by atoms with Gasteiger partial charge in [0.15, 0.2) is 0 Å². The molecule has 0 amide bonds. The van der Waals surface area contributed by atoms with Crippen molar-refractivity contribution in [3.05, 3.63) is 34.1 Å². The van der Waals surface area contributed by atoms with Crippen LogP contribution in [0.3, 0.4) is 0 Å². The molecule has 0 unspecified atom stereocenters. The first-order valence-electron chi connectivity index (χ1n) is 7.07. The lowest BCUT2D eigenvalue weighted by atomic mass is 10.2.